The molecule has 7 nitrogen and oxygen atoms in total. The molecule has 1 aromatic heterocycles. The molecule has 3 heterocycles. The van der Waals surface area contributed by atoms with E-state index in [-0.39, 0.29) is 11.9 Å². The molecule has 1 saturated carbocycles. The van der Waals surface area contributed by atoms with Gasteiger partial charge < -0.3 is 14.7 Å². The van der Waals surface area contributed by atoms with E-state index in [4.69, 9.17) is 4.52 Å². The molecule has 3 aliphatic rings. The fraction of sp³-hybridized carbons (Fsp3) is 0.833. The monoisotopic (exact) mass is 347 g/mol. The molecule has 0 unspecified atom stereocenters. The quantitative estimate of drug-likeness (QED) is 0.841. The van der Waals surface area contributed by atoms with Crippen LogP contribution in [-0.4, -0.2) is 64.1 Å². The van der Waals surface area contributed by atoms with Crippen molar-refractivity contribution in [3.05, 3.63) is 11.7 Å². The lowest BCUT2D eigenvalue weighted by atomic mass is 10.0. The van der Waals surface area contributed by atoms with Gasteiger partial charge in [0.2, 0.25) is 11.8 Å². The Bertz CT molecular complexity index is 594. The summed E-state index contributed by atoms with van der Waals surface area (Å²) >= 11 is 0. The van der Waals surface area contributed by atoms with Crippen molar-refractivity contribution >= 4 is 5.91 Å². The van der Waals surface area contributed by atoms with E-state index in [1.165, 1.54) is 12.8 Å². The van der Waals surface area contributed by atoms with Crippen LogP contribution < -0.4 is 5.32 Å². The summed E-state index contributed by atoms with van der Waals surface area (Å²) in [7, 11) is 0. The van der Waals surface area contributed by atoms with Crippen LogP contribution in [0.2, 0.25) is 0 Å². The van der Waals surface area contributed by atoms with Gasteiger partial charge >= 0.3 is 0 Å². The topological polar surface area (TPSA) is 74.5 Å². The molecule has 1 amide bonds. The Morgan fingerprint density at radius 1 is 1.24 bits per heavy atom. The Labute approximate surface area is 149 Å². The van der Waals surface area contributed by atoms with Crippen molar-refractivity contribution in [2.75, 3.05) is 26.2 Å². The second-order valence-corrected chi connectivity index (χ2v) is 7.82. The number of piperidine rings is 1. The standard InChI is InChI=1S/C18H29N5O2/c1-13(18(24)23-9-2-3-10-23)19-15-5-4-8-22(11-15)12-16-20-17(25-21-16)14-6-7-14/h13-15,19H,2-12H2,1H3/t13-,15-/m1/s1. The molecule has 1 aromatic rings. The van der Waals surface area contributed by atoms with Crippen LogP contribution in [0, 0.1) is 0 Å². The number of nitrogens with one attached hydrogen (secondary N) is 1. The Balaban J connectivity index is 1.27. The molecule has 2 aliphatic heterocycles. The maximum Gasteiger partial charge on any atom is 0.239 e. The molecular weight excluding hydrogens is 318 g/mol. The van der Waals surface area contributed by atoms with E-state index >= 15 is 0 Å². The Morgan fingerprint density at radius 2 is 2.04 bits per heavy atom. The molecule has 2 atom stereocenters. The third-order valence-corrected chi connectivity index (χ3v) is 5.55. The molecule has 3 fully saturated rings. The van der Waals surface area contributed by atoms with E-state index in [0.29, 0.717) is 12.0 Å². The molecule has 1 N–H and O–H groups in total. The first kappa shape index (κ1) is 17.0. The zero-order chi connectivity index (χ0) is 17.2. The molecule has 1 aliphatic carbocycles. The number of carbonyl (C=O) groups excluding carboxylic acids is 1. The predicted octanol–water partition coefficient (Wildman–Crippen LogP) is 1.51. The summed E-state index contributed by atoms with van der Waals surface area (Å²) in [6.45, 7) is 6.57. The lowest BCUT2D eigenvalue weighted by Gasteiger charge is -2.34. The van der Waals surface area contributed by atoms with Crippen molar-refractivity contribution in [1.82, 2.24) is 25.3 Å². The summed E-state index contributed by atoms with van der Waals surface area (Å²) in [5.74, 6) is 2.37. The van der Waals surface area contributed by atoms with Gasteiger partial charge in [-0.1, -0.05) is 5.16 Å². The van der Waals surface area contributed by atoms with E-state index in [2.05, 4.69) is 20.4 Å². The third-order valence-electron chi connectivity index (χ3n) is 5.55. The highest BCUT2D eigenvalue weighted by Crippen LogP contribution is 2.38. The van der Waals surface area contributed by atoms with Crippen molar-refractivity contribution in [3.8, 4) is 0 Å². The van der Waals surface area contributed by atoms with Crippen molar-refractivity contribution in [2.45, 2.75) is 70.0 Å². The first-order chi connectivity index (χ1) is 12.2. The second-order valence-electron chi connectivity index (χ2n) is 7.82. The van der Waals surface area contributed by atoms with Gasteiger partial charge in [-0.3, -0.25) is 9.69 Å². The number of amides is 1. The second kappa shape index (κ2) is 7.41. The predicted molar refractivity (Wildman–Crippen MR) is 93.0 cm³/mol. The van der Waals surface area contributed by atoms with Crippen LogP contribution in [0.15, 0.2) is 4.52 Å². The van der Waals surface area contributed by atoms with Crippen LogP contribution in [0.1, 0.15) is 63.1 Å². The van der Waals surface area contributed by atoms with Crippen LogP contribution >= 0.6 is 0 Å². The van der Waals surface area contributed by atoms with Crippen molar-refractivity contribution < 1.29 is 9.32 Å². The van der Waals surface area contributed by atoms with E-state index in [9.17, 15) is 4.79 Å². The summed E-state index contributed by atoms with van der Waals surface area (Å²) in [6, 6.07) is 0.250. The molecular formula is C18H29N5O2. The highest BCUT2D eigenvalue weighted by atomic mass is 16.5. The largest absolute Gasteiger partial charge is 0.341 e. The molecule has 7 heteroatoms. The lowest BCUT2D eigenvalue weighted by molar-refractivity contribution is -0.132. The molecule has 0 radical (unpaired) electrons. The number of rotatable bonds is 6. The number of carbonyl (C=O) groups is 1. The minimum atomic E-state index is -0.102. The fourth-order valence-electron chi connectivity index (χ4n) is 4.00. The number of aromatic nitrogens is 2. The van der Waals surface area contributed by atoms with Gasteiger partial charge in [-0.2, -0.15) is 4.98 Å². The summed E-state index contributed by atoms with van der Waals surface area (Å²) in [6.07, 6.45) is 6.90. The fourth-order valence-corrected chi connectivity index (χ4v) is 4.00. The van der Waals surface area contributed by atoms with Gasteiger partial charge in [-0.15, -0.1) is 0 Å². The van der Waals surface area contributed by atoms with Crippen molar-refractivity contribution in [2.24, 2.45) is 0 Å². The zero-order valence-corrected chi connectivity index (χ0v) is 15.1. The van der Waals surface area contributed by atoms with E-state index in [0.717, 1.165) is 70.1 Å². The molecule has 0 spiro atoms. The highest BCUT2D eigenvalue weighted by Gasteiger charge is 2.31. The van der Waals surface area contributed by atoms with Crippen molar-refractivity contribution in [3.63, 3.8) is 0 Å². The van der Waals surface area contributed by atoms with Gasteiger partial charge in [0.25, 0.3) is 0 Å². The number of hydrogen-bond donors (Lipinski definition) is 1. The van der Waals surface area contributed by atoms with Crippen LogP contribution in [0.3, 0.4) is 0 Å². The summed E-state index contributed by atoms with van der Waals surface area (Å²) < 4.78 is 5.36. The minimum absolute atomic E-state index is 0.102. The SMILES string of the molecule is C[C@@H](N[C@@H]1CCCN(Cc2noc(C3CC3)n2)C1)C(=O)N1CCCC1. The minimum Gasteiger partial charge on any atom is -0.341 e. The Hall–Kier alpha value is -1.47. The molecule has 0 aromatic carbocycles. The number of nitrogens with zero attached hydrogens (tertiary/aromatic N) is 4. The van der Waals surface area contributed by atoms with E-state index in [1.54, 1.807) is 0 Å². The molecule has 2 saturated heterocycles. The van der Waals surface area contributed by atoms with Crippen molar-refractivity contribution in [1.29, 1.82) is 0 Å². The van der Waals surface area contributed by atoms with Crippen LogP contribution in [0.5, 0.6) is 0 Å². The van der Waals surface area contributed by atoms with Gasteiger partial charge in [0.15, 0.2) is 5.82 Å². The maximum absolute atomic E-state index is 12.5. The first-order valence-corrected chi connectivity index (χ1v) is 9.78. The molecule has 138 valence electrons. The van der Waals surface area contributed by atoms with Gasteiger partial charge in [0.05, 0.1) is 12.6 Å². The Kier molecular flexibility index (Phi) is 5.03. The van der Waals surface area contributed by atoms with Gasteiger partial charge in [0, 0.05) is 31.6 Å². The Morgan fingerprint density at radius 3 is 2.80 bits per heavy atom. The van der Waals surface area contributed by atoms with Gasteiger partial charge in [0.1, 0.15) is 0 Å². The summed E-state index contributed by atoms with van der Waals surface area (Å²) in [5.41, 5.74) is 0. The summed E-state index contributed by atoms with van der Waals surface area (Å²) in [4.78, 5) is 21.4. The van der Waals surface area contributed by atoms with Crippen LogP contribution in [0.25, 0.3) is 0 Å². The van der Waals surface area contributed by atoms with Gasteiger partial charge in [-0.25, -0.2) is 0 Å². The average Bonchev–Trinajstić information content (AvgIpc) is 3.12. The normalized spacial score (nSPS) is 26.1. The smallest absolute Gasteiger partial charge is 0.239 e. The first-order valence-electron chi connectivity index (χ1n) is 9.78. The van der Waals surface area contributed by atoms with Gasteiger partial charge in [-0.05, 0) is 52.0 Å². The zero-order valence-electron chi connectivity index (χ0n) is 15.1. The molecule has 4 rings (SSSR count). The number of likely N-dealkylation sites (tertiary alicyclic amines) is 2. The molecule has 25 heavy (non-hydrogen) atoms. The highest BCUT2D eigenvalue weighted by molar-refractivity contribution is 5.81. The van der Waals surface area contributed by atoms with E-state index < -0.39 is 0 Å². The summed E-state index contributed by atoms with van der Waals surface area (Å²) in [5, 5.41) is 7.68. The third kappa shape index (κ3) is 4.20. The van der Waals surface area contributed by atoms with E-state index in [1.807, 2.05) is 11.8 Å². The number of hydrogen-bond acceptors (Lipinski definition) is 6. The van der Waals surface area contributed by atoms with Crippen LogP contribution in [0.4, 0.5) is 0 Å². The maximum atomic E-state index is 12.5. The molecule has 0 bridgehead atoms. The van der Waals surface area contributed by atoms with Crippen LogP contribution in [-0.2, 0) is 11.3 Å². The lowest BCUT2D eigenvalue weighted by Crippen LogP contribution is -2.52. The average molecular weight is 347 g/mol.